The Morgan fingerprint density at radius 1 is 1.00 bits per heavy atom. The summed E-state index contributed by atoms with van der Waals surface area (Å²) < 4.78 is 5.08. The number of esters is 1. The smallest absolute Gasteiger partial charge is 0.338 e. The molecule has 0 aliphatic heterocycles. The van der Waals surface area contributed by atoms with Crippen LogP contribution >= 0.6 is 0 Å². The van der Waals surface area contributed by atoms with E-state index in [4.69, 9.17) is 4.74 Å². The zero-order valence-corrected chi connectivity index (χ0v) is 13.9. The van der Waals surface area contributed by atoms with Gasteiger partial charge in [-0.1, -0.05) is 17.7 Å². The third-order valence-corrected chi connectivity index (χ3v) is 3.47. The highest BCUT2D eigenvalue weighted by Crippen LogP contribution is 2.13. The van der Waals surface area contributed by atoms with Crippen LogP contribution in [0.1, 0.15) is 38.8 Å². The minimum absolute atomic E-state index is 0.190. The van der Waals surface area contributed by atoms with Crippen LogP contribution in [-0.2, 0) is 9.53 Å². The van der Waals surface area contributed by atoms with Crippen molar-refractivity contribution in [2.45, 2.75) is 20.8 Å². The number of hydrogen-bond acceptors (Lipinski definition) is 4. The van der Waals surface area contributed by atoms with Crippen LogP contribution in [0.25, 0.3) is 0 Å². The molecule has 24 heavy (non-hydrogen) atoms. The highest BCUT2D eigenvalue weighted by molar-refractivity contribution is 6.00. The average molecular weight is 325 g/mol. The Morgan fingerprint density at radius 3 is 2.29 bits per heavy atom. The topological polar surface area (TPSA) is 72.5 Å². The molecule has 0 radical (unpaired) electrons. The van der Waals surface area contributed by atoms with E-state index in [1.54, 1.807) is 18.2 Å². The number of ether oxygens (including phenoxy) is 1. The van der Waals surface area contributed by atoms with Gasteiger partial charge in [-0.25, -0.2) is 4.79 Å². The maximum Gasteiger partial charge on any atom is 0.338 e. The maximum absolute atomic E-state index is 12.2. The Balaban J connectivity index is 1.98. The largest absolute Gasteiger partial charge is 0.454 e. The Kier molecular flexibility index (Phi) is 5.47. The molecule has 0 saturated carbocycles. The highest BCUT2D eigenvalue weighted by atomic mass is 16.5. The second-order valence-corrected chi connectivity index (χ2v) is 5.58. The van der Waals surface area contributed by atoms with Crippen molar-refractivity contribution >= 4 is 23.3 Å². The molecule has 0 aromatic heterocycles. The van der Waals surface area contributed by atoms with Crippen LogP contribution in [0.5, 0.6) is 0 Å². The van der Waals surface area contributed by atoms with E-state index < -0.39 is 5.97 Å². The summed E-state index contributed by atoms with van der Waals surface area (Å²) in [6, 6.07) is 11.9. The zero-order valence-electron chi connectivity index (χ0n) is 13.9. The number of aryl methyl sites for hydroxylation is 2. The molecule has 0 saturated heterocycles. The highest BCUT2D eigenvalue weighted by Gasteiger charge is 2.14. The lowest BCUT2D eigenvalue weighted by Gasteiger charge is -2.08. The predicted octanol–water partition coefficient (Wildman–Crippen LogP) is 3.30. The summed E-state index contributed by atoms with van der Waals surface area (Å²) in [5.41, 5.74) is 3.29. The number of Topliss-reactive ketones (excluding diaryl/α,β-unsaturated/α-hetero) is 1. The van der Waals surface area contributed by atoms with Gasteiger partial charge in [0.1, 0.15) is 0 Å². The van der Waals surface area contributed by atoms with E-state index in [0.29, 0.717) is 16.8 Å². The molecular formula is C19H19NO4. The predicted molar refractivity (Wildman–Crippen MR) is 91.3 cm³/mol. The number of nitrogens with one attached hydrogen (secondary N) is 1. The molecule has 2 aromatic rings. The van der Waals surface area contributed by atoms with E-state index in [0.717, 1.165) is 11.1 Å². The number of benzene rings is 2. The second kappa shape index (κ2) is 7.55. The van der Waals surface area contributed by atoms with Gasteiger partial charge in [-0.2, -0.15) is 0 Å². The van der Waals surface area contributed by atoms with Crippen molar-refractivity contribution in [3.8, 4) is 0 Å². The first-order valence-electron chi connectivity index (χ1n) is 7.52. The summed E-state index contributed by atoms with van der Waals surface area (Å²) >= 11 is 0. The van der Waals surface area contributed by atoms with Crippen LogP contribution in [0.2, 0.25) is 0 Å². The van der Waals surface area contributed by atoms with Gasteiger partial charge in [-0.15, -0.1) is 0 Å². The van der Waals surface area contributed by atoms with Crippen LogP contribution in [0.15, 0.2) is 42.5 Å². The van der Waals surface area contributed by atoms with Gasteiger partial charge in [-0.05, 0) is 49.7 Å². The number of carbonyl (C=O) groups excluding carboxylic acids is 3. The molecule has 5 nitrogen and oxygen atoms in total. The van der Waals surface area contributed by atoms with Crippen LogP contribution in [0.4, 0.5) is 5.69 Å². The summed E-state index contributed by atoms with van der Waals surface area (Å²) in [4.78, 5) is 35.2. The van der Waals surface area contributed by atoms with Crippen molar-refractivity contribution in [2.75, 3.05) is 11.9 Å². The van der Waals surface area contributed by atoms with Gasteiger partial charge >= 0.3 is 5.97 Å². The van der Waals surface area contributed by atoms with Crippen molar-refractivity contribution in [1.82, 2.24) is 0 Å². The van der Waals surface area contributed by atoms with Gasteiger partial charge in [-0.3, -0.25) is 9.59 Å². The molecule has 0 atom stereocenters. The lowest BCUT2D eigenvalue weighted by Crippen LogP contribution is -2.15. The fourth-order valence-electron chi connectivity index (χ4n) is 2.22. The van der Waals surface area contributed by atoms with Crippen LogP contribution in [0.3, 0.4) is 0 Å². The first-order valence-corrected chi connectivity index (χ1v) is 7.52. The number of anilines is 1. The van der Waals surface area contributed by atoms with Crippen molar-refractivity contribution in [1.29, 1.82) is 0 Å². The fraction of sp³-hybridized carbons (Fsp3) is 0.211. The first kappa shape index (κ1) is 17.4. The van der Waals surface area contributed by atoms with Crippen molar-refractivity contribution in [3.63, 3.8) is 0 Å². The molecular weight excluding hydrogens is 306 g/mol. The van der Waals surface area contributed by atoms with Gasteiger partial charge in [0.15, 0.2) is 6.61 Å². The van der Waals surface area contributed by atoms with Gasteiger partial charge in [0, 0.05) is 18.2 Å². The first-order chi connectivity index (χ1) is 11.4. The molecule has 0 aliphatic carbocycles. The van der Waals surface area contributed by atoms with E-state index in [9.17, 15) is 14.4 Å². The molecule has 0 aliphatic rings. The van der Waals surface area contributed by atoms with Gasteiger partial charge < -0.3 is 10.1 Å². The fourth-order valence-corrected chi connectivity index (χ4v) is 2.22. The molecule has 0 fully saturated rings. The Morgan fingerprint density at radius 2 is 1.67 bits per heavy atom. The lowest BCUT2D eigenvalue weighted by molar-refractivity contribution is -0.114. The molecule has 124 valence electrons. The molecule has 0 spiro atoms. The normalized spacial score (nSPS) is 10.1. The third-order valence-electron chi connectivity index (χ3n) is 3.47. The molecule has 0 heterocycles. The number of ketones is 1. The quantitative estimate of drug-likeness (QED) is 0.676. The number of carbonyl (C=O) groups is 3. The minimum atomic E-state index is -0.581. The summed E-state index contributed by atoms with van der Waals surface area (Å²) in [6.45, 7) is 4.84. The number of amides is 1. The van der Waals surface area contributed by atoms with E-state index in [-0.39, 0.29) is 18.3 Å². The molecule has 1 amide bonds. The standard InChI is InChI=1S/C19H19NO4/c1-12-4-5-13(2)17(10-12)18(22)11-24-19(23)15-6-8-16(9-7-15)20-14(3)21/h4-10H,11H2,1-3H3,(H,20,21). The molecule has 1 N–H and O–H groups in total. The molecule has 0 bridgehead atoms. The Bertz CT molecular complexity index is 778. The SMILES string of the molecule is CC(=O)Nc1ccc(C(=O)OCC(=O)c2cc(C)ccc2C)cc1. The number of hydrogen-bond donors (Lipinski definition) is 1. The van der Waals surface area contributed by atoms with Gasteiger partial charge in [0.25, 0.3) is 0 Å². The average Bonchev–Trinajstić information content (AvgIpc) is 2.54. The zero-order chi connectivity index (χ0) is 17.7. The monoisotopic (exact) mass is 325 g/mol. The van der Waals surface area contributed by atoms with Crippen LogP contribution in [0, 0.1) is 13.8 Å². The van der Waals surface area contributed by atoms with Crippen molar-refractivity contribution in [2.24, 2.45) is 0 Å². The molecule has 5 heteroatoms. The lowest BCUT2D eigenvalue weighted by atomic mass is 10.0. The minimum Gasteiger partial charge on any atom is -0.454 e. The van der Waals surface area contributed by atoms with E-state index >= 15 is 0 Å². The van der Waals surface area contributed by atoms with Crippen LogP contribution in [-0.4, -0.2) is 24.3 Å². The van der Waals surface area contributed by atoms with Gasteiger partial charge in [0.05, 0.1) is 5.56 Å². The van der Waals surface area contributed by atoms with E-state index in [2.05, 4.69) is 5.32 Å². The van der Waals surface area contributed by atoms with Crippen molar-refractivity contribution in [3.05, 3.63) is 64.7 Å². The van der Waals surface area contributed by atoms with Gasteiger partial charge in [0.2, 0.25) is 11.7 Å². The molecule has 0 unspecified atom stereocenters. The Hall–Kier alpha value is -2.95. The second-order valence-electron chi connectivity index (χ2n) is 5.58. The maximum atomic E-state index is 12.2. The van der Waals surface area contributed by atoms with Crippen LogP contribution < -0.4 is 5.32 Å². The van der Waals surface area contributed by atoms with E-state index in [1.807, 2.05) is 26.0 Å². The Labute approximate surface area is 140 Å². The molecule has 2 aromatic carbocycles. The summed E-state index contributed by atoms with van der Waals surface area (Å²) in [6.07, 6.45) is 0. The summed E-state index contributed by atoms with van der Waals surface area (Å²) in [5, 5.41) is 2.61. The molecule has 2 rings (SSSR count). The third kappa shape index (κ3) is 4.52. The summed E-state index contributed by atoms with van der Waals surface area (Å²) in [7, 11) is 0. The van der Waals surface area contributed by atoms with Crippen molar-refractivity contribution < 1.29 is 19.1 Å². The summed E-state index contributed by atoms with van der Waals surface area (Å²) in [5.74, 6) is -1.01. The van der Waals surface area contributed by atoms with E-state index in [1.165, 1.54) is 19.1 Å². The number of rotatable bonds is 5.